The molecule has 6 rings (SSSR count). The molecular formula is C25H20FN7S. The first kappa shape index (κ1) is 20.6. The second-order valence-corrected chi connectivity index (χ2v) is 9.21. The summed E-state index contributed by atoms with van der Waals surface area (Å²) < 4.78 is 15.1. The standard InChI is InChI=1S/C25H20FN7S/c1-33(2)12-14-7-17(11-27-10-14)16-8-18-22(19(26)9-16)31-32-23(18)25-29-20-3-5-28-21(24(20)30-25)15-4-6-34-13-15/h3-11,13H,12H2,1-2H3,(H,29,30)(H,31,32). The molecule has 0 bridgehead atoms. The Morgan fingerprint density at radius 3 is 2.76 bits per heavy atom. The van der Waals surface area contributed by atoms with Gasteiger partial charge in [0.15, 0.2) is 11.6 Å². The highest BCUT2D eigenvalue weighted by Crippen LogP contribution is 2.34. The highest BCUT2D eigenvalue weighted by Gasteiger charge is 2.18. The summed E-state index contributed by atoms with van der Waals surface area (Å²) in [6, 6.07) is 9.37. The first-order valence-corrected chi connectivity index (χ1v) is 11.7. The Morgan fingerprint density at radius 1 is 1.03 bits per heavy atom. The van der Waals surface area contributed by atoms with E-state index in [-0.39, 0.29) is 5.52 Å². The van der Waals surface area contributed by atoms with E-state index < -0.39 is 5.82 Å². The fourth-order valence-electron chi connectivity index (χ4n) is 4.18. The maximum atomic E-state index is 15.1. The Morgan fingerprint density at radius 2 is 1.94 bits per heavy atom. The number of hydrogen-bond donors (Lipinski definition) is 2. The number of thiophene rings is 1. The first-order valence-electron chi connectivity index (χ1n) is 10.7. The van der Waals surface area contributed by atoms with Gasteiger partial charge in [0, 0.05) is 47.0 Å². The van der Waals surface area contributed by atoms with Crippen LogP contribution in [-0.4, -0.2) is 49.1 Å². The molecule has 0 saturated carbocycles. The van der Waals surface area contributed by atoms with E-state index in [1.165, 1.54) is 6.07 Å². The molecule has 0 spiro atoms. The van der Waals surface area contributed by atoms with E-state index in [9.17, 15) is 0 Å². The van der Waals surface area contributed by atoms with Gasteiger partial charge < -0.3 is 9.88 Å². The second-order valence-electron chi connectivity index (χ2n) is 8.43. The second kappa shape index (κ2) is 8.12. The molecule has 0 aliphatic heterocycles. The Labute approximate surface area is 198 Å². The van der Waals surface area contributed by atoms with Crippen molar-refractivity contribution in [3.05, 3.63) is 71.1 Å². The van der Waals surface area contributed by atoms with Gasteiger partial charge in [-0.3, -0.25) is 15.1 Å². The highest BCUT2D eigenvalue weighted by molar-refractivity contribution is 7.08. The Bertz CT molecular complexity index is 1630. The van der Waals surface area contributed by atoms with E-state index in [2.05, 4.69) is 30.0 Å². The number of hydrogen-bond acceptors (Lipinski definition) is 6. The third-order valence-electron chi connectivity index (χ3n) is 5.67. The normalized spacial score (nSPS) is 11.8. The summed E-state index contributed by atoms with van der Waals surface area (Å²) >= 11 is 1.61. The minimum absolute atomic E-state index is 0.271. The Hall–Kier alpha value is -3.95. The van der Waals surface area contributed by atoms with Crippen LogP contribution in [0.2, 0.25) is 0 Å². The zero-order valence-corrected chi connectivity index (χ0v) is 19.3. The number of fused-ring (bicyclic) bond motifs is 2. The van der Waals surface area contributed by atoms with Crippen molar-refractivity contribution in [1.29, 1.82) is 0 Å². The molecule has 5 heterocycles. The highest BCUT2D eigenvalue weighted by atomic mass is 32.1. The molecule has 0 aliphatic rings. The number of halogens is 1. The lowest BCUT2D eigenvalue weighted by Crippen LogP contribution is -2.10. The average molecular weight is 470 g/mol. The fraction of sp³-hybridized carbons (Fsp3) is 0.120. The van der Waals surface area contributed by atoms with E-state index in [1.54, 1.807) is 23.7 Å². The van der Waals surface area contributed by atoms with Gasteiger partial charge in [-0.05, 0) is 60.9 Å². The summed E-state index contributed by atoms with van der Waals surface area (Å²) in [7, 11) is 4.01. The van der Waals surface area contributed by atoms with Crippen LogP contribution in [-0.2, 0) is 6.54 Å². The smallest absolute Gasteiger partial charge is 0.157 e. The van der Waals surface area contributed by atoms with Gasteiger partial charge in [0.1, 0.15) is 16.7 Å². The number of pyridine rings is 2. The van der Waals surface area contributed by atoms with Crippen LogP contribution in [0.1, 0.15) is 5.56 Å². The lowest BCUT2D eigenvalue weighted by Gasteiger charge is -2.10. The minimum atomic E-state index is -0.398. The zero-order valence-electron chi connectivity index (χ0n) is 18.5. The zero-order chi connectivity index (χ0) is 23.2. The van der Waals surface area contributed by atoms with Crippen LogP contribution < -0.4 is 0 Å². The van der Waals surface area contributed by atoms with Crippen molar-refractivity contribution in [2.75, 3.05) is 14.1 Å². The number of nitrogens with zero attached hydrogens (tertiary/aromatic N) is 5. The lowest BCUT2D eigenvalue weighted by atomic mass is 10.0. The van der Waals surface area contributed by atoms with Gasteiger partial charge in [0.25, 0.3) is 0 Å². The van der Waals surface area contributed by atoms with E-state index in [4.69, 9.17) is 4.98 Å². The number of imidazole rings is 1. The van der Waals surface area contributed by atoms with Crippen molar-refractivity contribution in [2.45, 2.75) is 6.54 Å². The van der Waals surface area contributed by atoms with Crippen LogP contribution in [0.4, 0.5) is 4.39 Å². The van der Waals surface area contributed by atoms with E-state index >= 15 is 4.39 Å². The molecular weight excluding hydrogens is 449 g/mol. The molecule has 34 heavy (non-hydrogen) atoms. The van der Waals surface area contributed by atoms with Crippen molar-refractivity contribution in [3.63, 3.8) is 0 Å². The average Bonchev–Trinajstić information content (AvgIpc) is 3.57. The molecule has 0 saturated heterocycles. The molecule has 5 aromatic heterocycles. The Kier molecular flexibility index (Phi) is 4.93. The number of rotatable bonds is 5. The van der Waals surface area contributed by atoms with Crippen LogP contribution in [0.3, 0.4) is 0 Å². The molecule has 0 fully saturated rings. The monoisotopic (exact) mass is 469 g/mol. The van der Waals surface area contributed by atoms with Crippen LogP contribution in [0.15, 0.2) is 59.7 Å². The molecule has 2 N–H and O–H groups in total. The molecule has 0 amide bonds. The minimum Gasteiger partial charge on any atom is -0.337 e. The predicted octanol–water partition coefficient (Wildman–Crippen LogP) is 5.49. The number of aromatic nitrogens is 6. The van der Waals surface area contributed by atoms with Gasteiger partial charge in [-0.2, -0.15) is 16.4 Å². The molecule has 0 aliphatic carbocycles. The number of nitrogens with one attached hydrogen (secondary N) is 2. The Balaban J connectivity index is 1.49. The van der Waals surface area contributed by atoms with Crippen LogP contribution in [0, 0.1) is 5.82 Å². The summed E-state index contributed by atoms with van der Waals surface area (Å²) in [5.74, 6) is 0.183. The fourth-order valence-corrected chi connectivity index (χ4v) is 4.82. The lowest BCUT2D eigenvalue weighted by molar-refractivity contribution is 0.402. The SMILES string of the molecule is CN(C)Cc1cncc(-c2cc(F)c3n[nH]c(-c4nc5c(-c6ccsc6)nccc5[nH]4)c3c2)c1. The maximum absolute atomic E-state index is 15.1. The van der Waals surface area contributed by atoms with E-state index in [0.717, 1.165) is 45.5 Å². The third kappa shape index (κ3) is 3.55. The van der Waals surface area contributed by atoms with E-state index in [1.807, 2.05) is 55.3 Å². The van der Waals surface area contributed by atoms with Crippen molar-refractivity contribution in [2.24, 2.45) is 0 Å². The van der Waals surface area contributed by atoms with Gasteiger partial charge in [0.05, 0.1) is 11.2 Å². The van der Waals surface area contributed by atoms with Crippen molar-refractivity contribution in [3.8, 4) is 33.9 Å². The molecule has 0 radical (unpaired) electrons. The molecule has 168 valence electrons. The largest absolute Gasteiger partial charge is 0.337 e. The molecule has 0 atom stereocenters. The number of aromatic amines is 2. The van der Waals surface area contributed by atoms with Crippen LogP contribution in [0.5, 0.6) is 0 Å². The summed E-state index contributed by atoms with van der Waals surface area (Å²) in [6.07, 6.45) is 5.34. The molecule has 0 unspecified atom stereocenters. The maximum Gasteiger partial charge on any atom is 0.157 e. The topological polar surface area (TPSA) is 86.4 Å². The molecule has 9 heteroatoms. The van der Waals surface area contributed by atoms with Gasteiger partial charge in [-0.1, -0.05) is 0 Å². The summed E-state index contributed by atoms with van der Waals surface area (Å²) in [5.41, 5.74) is 6.97. The van der Waals surface area contributed by atoms with Crippen molar-refractivity contribution < 1.29 is 4.39 Å². The van der Waals surface area contributed by atoms with Gasteiger partial charge in [-0.25, -0.2) is 9.37 Å². The summed E-state index contributed by atoms with van der Waals surface area (Å²) in [5, 5.41) is 11.9. The number of benzene rings is 1. The molecule has 1 aromatic carbocycles. The van der Waals surface area contributed by atoms with Gasteiger partial charge in [-0.15, -0.1) is 0 Å². The molecule has 7 nitrogen and oxygen atoms in total. The van der Waals surface area contributed by atoms with E-state index in [0.29, 0.717) is 16.9 Å². The summed E-state index contributed by atoms with van der Waals surface area (Å²) in [4.78, 5) is 19.1. The van der Waals surface area contributed by atoms with Gasteiger partial charge >= 0.3 is 0 Å². The quantitative estimate of drug-likeness (QED) is 0.349. The first-order chi connectivity index (χ1) is 16.6. The molecule has 6 aromatic rings. The van der Waals surface area contributed by atoms with Gasteiger partial charge in [0.2, 0.25) is 0 Å². The van der Waals surface area contributed by atoms with Crippen LogP contribution in [0.25, 0.3) is 55.8 Å². The van der Waals surface area contributed by atoms with Crippen LogP contribution >= 0.6 is 11.3 Å². The third-order valence-corrected chi connectivity index (χ3v) is 6.35. The van der Waals surface area contributed by atoms with Crippen molar-refractivity contribution >= 4 is 33.3 Å². The number of H-pyrrole nitrogens is 2. The summed E-state index contributed by atoms with van der Waals surface area (Å²) in [6.45, 7) is 0.752. The van der Waals surface area contributed by atoms with Crippen molar-refractivity contribution in [1.82, 2.24) is 35.0 Å². The predicted molar refractivity (Wildman–Crippen MR) is 133 cm³/mol.